The van der Waals surface area contributed by atoms with Crippen LogP contribution in [-0.4, -0.2) is 4.98 Å². The van der Waals surface area contributed by atoms with E-state index in [2.05, 4.69) is 26.5 Å². The molecule has 0 atom stereocenters. The van der Waals surface area contributed by atoms with E-state index in [1.807, 2.05) is 11.3 Å². The molecule has 0 spiro atoms. The summed E-state index contributed by atoms with van der Waals surface area (Å²) >= 11 is 6.20. The summed E-state index contributed by atoms with van der Waals surface area (Å²) in [6, 6.07) is 0. The van der Waals surface area contributed by atoms with Gasteiger partial charge in [-0.2, -0.15) is 12.6 Å². The van der Waals surface area contributed by atoms with Crippen LogP contribution in [0.1, 0.15) is 54.1 Å². The van der Waals surface area contributed by atoms with Crippen LogP contribution in [0.25, 0.3) is 0 Å². The molecule has 0 unspecified atom stereocenters. The first-order valence-electron chi connectivity index (χ1n) is 4.82. The standard InChI is InChI=1S/C10H15NS2/c1-6(2)10-11-9(7-3-4-7)8(5-12)13-10/h6-7,12H,3-5H2,1-2H3. The van der Waals surface area contributed by atoms with Crippen LogP contribution < -0.4 is 0 Å². The molecule has 13 heavy (non-hydrogen) atoms. The van der Waals surface area contributed by atoms with Gasteiger partial charge in [0.2, 0.25) is 0 Å². The van der Waals surface area contributed by atoms with Gasteiger partial charge in [0.15, 0.2) is 0 Å². The summed E-state index contributed by atoms with van der Waals surface area (Å²) in [5.74, 6) is 2.19. The topological polar surface area (TPSA) is 12.9 Å². The molecule has 0 amide bonds. The van der Waals surface area contributed by atoms with Gasteiger partial charge in [-0.25, -0.2) is 4.98 Å². The first-order chi connectivity index (χ1) is 6.22. The van der Waals surface area contributed by atoms with Crippen LogP contribution in [0.4, 0.5) is 0 Å². The van der Waals surface area contributed by atoms with Gasteiger partial charge in [0.05, 0.1) is 10.7 Å². The van der Waals surface area contributed by atoms with E-state index in [1.165, 1.54) is 28.4 Å². The average Bonchev–Trinajstić information content (AvgIpc) is 2.84. The van der Waals surface area contributed by atoms with Crippen LogP contribution in [0.15, 0.2) is 0 Å². The second-order valence-corrected chi connectivity index (χ2v) is 5.38. The lowest BCUT2D eigenvalue weighted by atomic mass is 10.2. The van der Waals surface area contributed by atoms with Crippen LogP contribution in [0.3, 0.4) is 0 Å². The number of nitrogens with zero attached hydrogens (tertiary/aromatic N) is 1. The number of hydrogen-bond acceptors (Lipinski definition) is 3. The molecule has 1 aromatic rings. The van der Waals surface area contributed by atoms with Crippen molar-refractivity contribution in [3.63, 3.8) is 0 Å². The fraction of sp³-hybridized carbons (Fsp3) is 0.700. The maximum atomic E-state index is 4.71. The van der Waals surface area contributed by atoms with Gasteiger partial charge in [0.1, 0.15) is 0 Å². The normalized spacial score (nSPS) is 16.9. The van der Waals surface area contributed by atoms with Crippen molar-refractivity contribution >= 4 is 24.0 Å². The number of hydrogen-bond donors (Lipinski definition) is 1. The van der Waals surface area contributed by atoms with Crippen LogP contribution in [0.5, 0.6) is 0 Å². The zero-order chi connectivity index (χ0) is 9.42. The Morgan fingerprint density at radius 3 is 2.69 bits per heavy atom. The molecule has 0 aromatic carbocycles. The van der Waals surface area contributed by atoms with Gasteiger partial charge in [-0.05, 0) is 12.8 Å². The van der Waals surface area contributed by atoms with E-state index in [4.69, 9.17) is 4.98 Å². The summed E-state index contributed by atoms with van der Waals surface area (Å²) in [5, 5.41) is 1.28. The third kappa shape index (κ3) is 1.91. The molecule has 1 aromatic heterocycles. The minimum absolute atomic E-state index is 0.566. The van der Waals surface area contributed by atoms with Crippen molar-refractivity contribution < 1.29 is 0 Å². The largest absolute Gasteiger partial charge is 0.245 e. The van der Waals surface area contributed by atoms with Crippen molar-refractivity contribution in [1.82, 2.24) is 4.98 Å². The second kappa shape index (κ2) is 3.62. The highest BCUT2D eigenvalue weighted by molar-refractivity contribution is 7.79. The van der Waals surface area contributed by atoms with Gasteiger partial charge in [0, 0.05) is 22.5 Å². The average molecular weight is 213 g/mol. The van der Waals surface area contributed by atoms with Gasteiger partial charge < -0.3 is 0 Å². The highest BCUT2D eigenvalue weighted by Gasteiger charge is 2.29. The van der Waals surface area contributed by atoms with Crippen molar-refractivity contribution in [3.05, 3.63) is 15.6 Å². The van der Waals surface area contributed by atoms with Crippen LogP contribution in [0, 0.1) is 0 Å². The Kier molecular flexibility index (Phi) is 2.65. The zero-order valence-electron chi connectivity index (χ0n) is 8.08. The Bertz CT molecular complexity index is 300. The van der Waals surface area contributed by atoms with Crippen LogP contribution in [0.2, 0.25) is 0 Å². The van der Waals surface area contributed by atoms with Crippen LogP contribution >= 0.6 is 24.0 Å². The Morgan fingerprint density at radius 1 is 1.54 bits per heavy atom. The molecule has 0 N–H and O–H groups in total. The van der Waals surface area contributed by atoms with E-state index in [-0.39, 0.29) is 0 Å². The second-order valence-electron chi connectivity index (χ2n) is 3.95. The molecule has 72 valence electrons. The fourth-order valence-corrected chi connectivity index (χ4v) is 2.79. The van der Waals surface area contributed by atoms with E-state index in [0.717, 1.165) is 11.7 Å². The number of rotatable bonds is 3. The monoisotopic (exact) mass is 213 g/mol. The molecule has 1 nitrogen and oxygen atoms in total. The summed E-state index contributed by atoms with van der Waals surface area (Å²) in [5.41, 5.74) is 1.35. The molecule has 2 rings (SSSR count). The van der Waals surface area contributed by atoms with Crippen LogP contribution in [-0.2, 0) is 5.75 Å². The third-order valence-corrected chi connectivity index (χ3v) is 4.25. The first kappa shape index (κ1) is 9.53. The van der Waals surface area contributed by atoms with E-state index in [9.17, 15) is 0 Å². The first-order valence-corrected chi connectivity index (χ1v) is 6.27. The zero-order valence-corrected chi connectivity index (χ0v) is 9.79. The molecule has 3 heteroatoms. The lowest BCUT2D eigenvalue weighted by Gasteiger charge is -1.95. The molecule has 0 bridgehead atoms. The summed E-state index contributed by atoms with van der Waals surface area (Å²) in [4.78, 5) is 6.11. The molecule has 0 radical (unpaired) electrons. The SMILES string of the molecule is CC(C)c1nc(C2CC2)c(CS)s1. The maximum Gasteiger partial charge on any atom is 0.0956 e. The number of thiol groups is 1. The Morgan fingerprint density at radius 2 is 2.23 bits per heavy atom. The molecule has 0 aliphatic heterocycles. The summed E-state index contributed by atoms with van der Waals surface area (Å²) in [7, 11) is 0. The van der Waals surface area contributed by atoms with Crippen molar-refractivity contribution in [2.24, 2.45) is 0 Å². The Hall–Kier alpha value is -0.0200. The summed E-state index contributed by atoms with van der Waals surface area (Å²) < 4.78 is 0. The molecular formula is C10H15NS2. The Balaban J connectivity index is 2.31. The highest BCUT2D eigenvalue weighted by atomic mass is 32.1. The predicted octanol–water partition coefficient (Wildman–Crippen LogP) is 3.57. The number of thiazole rings is 1. The number of aromatic nitrogens is 1. The molecular weight excluding hydrogens is 198 g/mol. The van der Waals surface area contributed by atoms with E-state index in [1.54, 1.807) is 0 Å². The minimum atomic E-state index is 0.566. The minimum Gasteiger partial charge on any atom is -0.245 e. The third-order valence-electron chi connectivity index (χ3n) is 2.35. The fourth-order valence-electron chi connectivity index (χ4n) is 1.42. The summed E-state index contributed by atoms with van der Waals surface area (Å²) in [6.45, 7) is 4.41. The molecule has 1 fully saturated rings. The quantitative estimate of drug-likeness (QED) is 0.757. The van der Waals surface area contributed by atoms with Crippen molar-refractivity contribution in [2.45, 2.75) is 44.3 Å². The van der Waals surface area contributed by atoms with Gasteiger partial charge in [-0.3, -0.25) is 0 Å². The lowest BCUT2D eigenvalue weighted by Crippen LogP contribution is -1.87. The lowest BCUT2D eigenvalue weighted by molar-refractivity contribution is 0.837. The van der Waals surface area contributed by atoms with E-state index < -0.39 is 0 Å². The summed E-state index contributed by atoms with van der Waals surface area (Å²) in [6.07, 6.45) is 2.67. The maximum absolute atomic E-state index is 4.71. The van der Waals surface area contributed by atoms with Gasteiger partial charge in [-0.1, -0.05) is 13.8 Å². The van der Waals surface area contributed by atoms with Crippen molar-refractivity contribution in [3.8, 4) is 0 Å². The smallest absolute Gasteiger partial charge is 0.0956 e. The molecule has 0 saturated heterocycles. The molecule has 1 aliphatic carbocycles. The predicted molar refractivity (Wildman–Crippen MR) is 60.9 cm³/mol. The highest BCUT2D eigenvalue weighted by Crippen LogP contribution is 2.43. The van der Waals surface area contributed by atoms with Gasteiger partial charge in [0.25, 0.3) is 0 Å². The molecule has 1 aliphatic rings. The van der Waals surface area contributed by atoms with Gasteiger partial charge in [-0.15, -0.1) is 11.3 Å². The van der Waals surface area contributed by atoms with Crippen molar-refractivity contribution in [2.75, 3.05) is 0 Å². The molecule has 1 heterocycles. The van der Waals surface area contributed by atoms with E-state index in [0.29, 0.717) is 5.92 Å². The van der Waals surface area contributed by atoms with Crippen molar-refractivity contribution in [1.29, 1.82) is 0 Å². The Labute approximate surface area is 89.0 Å². The molecule has 1 saturated carbocycles. The van der Waals surface area contributed by atoms with Gasteiger partial charge >= 0.3 is 0 Å². The van der Waals surface area contributed by atoms with E-state index >= 15 is 0 Å².